The summed E-state index contributed by atoms with van der Waals surface area (Å²) >= 11 is 0. The normalized spacial score (nSPS) is 21.6. The molecule has 0 bridgehead atoms. The molecule has 2 aliphatic rings. The summed E-state index contributed by atoms with van der Waals surface area (Å²) in [6.45, 7) is 0. The summed E-state index contributed by atoms with van der Waals surface area (Å²) in [7, 11) is 1.69. The molecule has 3 nitrogen and oxygen atoms in total. The van der Waals surface area contributed by atoms with Crippen LogP contribution in [0.5, 0.6) is 5.75 Å². The van der Waals surface area contributed by atoms with E-state index in [0.29, 0.717) is 12.2 Å². The molecule has 92 valence electrons. The van der Waals surface area contributed by atoms with Crippen molar-refractivity contribution in [2.45, 2.75) is 18.9 Å². The summed E-state index contributed by atoms with van der Waals surface area (Å²) in [5.74, 6) is 1.48. The average Bonchev–Trinajstić information content (AvgIpc) is 2.44. The summed E-state index contributed by atoms with van der Waals surface area (Å²) in [4.78, 5) is 11.1. The van der Waals surface area contributed by atoms with E-state index in [9.17, 15) is 4.79 Å². The molecule has 1 aliphatic heterocycles. The average molecular weight is 242 g/mol. The van der Waals surface area contributed by atoms with Gasteiger partial charge in [0.15, 0.2) is 0 Å². The Morgan fingerprint density at radius 3 is 3.00 bits per heavy atom. The summed E-state index contributed by atoms with van der Waals surface area (Å²) < 4.78 is 11.3. The van der Waals surface area contributed by atoms with Crippen LogP contribution in [0.25, 0.3) is 6.08 Å². The summed E-state index contributed by atoms with van der Waals surface area (Å²) in [5, 5.41) is 0. The van der Waals surface area contributed by atoms with E-state index in [1.807, 2.05) is 24.3 Å². The van der Waals surface area contributed by atoms with Crippen LogP contribution in [-0.4, -0.2) is 19.5 Å². The second kappa shape index (κ2) is 4.42. The third kappa shape index (κ3) is 1.68. The number of ether oxygens (including phenoxy) is 2. The number of para-hydroxylation sites is 1. The van der Waals surface area contributed by atoms with Crippen molar-refractivity contribution in [3.63, 3.8) is 0 Å². The molecule has 0 N–H and O–H groups in total. The van der Waals surface area contributed by atoms with Gasteiger partial charge >= 0.3 is 0 Å². The number of methoxy groups -OCH3 is 1. The lowest BCUT2D eigenvalue weighted by atomic mass is 9.88. The summed E-state index contributed by atoms with van der Waals surface area (Å²) in [5.41, 5.74) is 2.74. The molecule has 0 spiro atoms. The topological polar surface area (TPSA) is 35.5 Å². The van der Waals surface area contributed by atoms with Gasteiger partial charge in [0.25, 0.3) is 0 Å². The van der Waals surface area contributed by atoms with Crippen LogP contribution < -0.4 is 4.74 Å². The maximum atomic E-state index is 11.1. The van der Waals surface area contributed by atoms with Crippen LogP contribution >= 0.6 is 0 Å². The lowest BCUT2D eigenvalue weighted by Crippen LogP contribution is -2.25. The van der Waals surface area contributed by atoms with E-state index in [4.69, 9.17) is 9.47 Å². The van der Waals surface area contributed by atoms with Crippen LogP contribution in [0.1, 0.15) is 18.4 Å². The predicted molar refractivity (Wildman–Crippen MR) is 68.2 cm³/mol. The van der Waals surface area contributed by atoms with Crippen molar-refractivity contribution >= 4 is 12.4 Å². The van der Waals surface area contributed by atoms with Gasteiger partial charge in [0.1, 0.15) is 17.8 Å². The number of carbonyl (C=O) groups is 1. The molecule has 1 aromatic rings. The van der Waals surface area contributed by atoms with E-state index in [2.05, 4.69) is 6.08 Å². The van der Waals surface area contributed by atoms with Crippen LogP contribution in [0.2, 0.25) is 0 Å². The van der Waals surface area contributed by atoms with Crippen molar-refractivity contribution in [1.82, 2.24) is 0 Å². The molecule has 1 unspecified atom stereocenters. The third-order valence-corrected chi connectivity index (χ3v) is 3.45. The van der Waals surface area contributed by atoms with Crippen molar-refractivity contribution in [3.05, 3.63) is 46.7 Å². The van der Waals surface area contributed by atoms with E-state index in [-0.39, 0.29) is 6.10 Å². The first-order chi connectivity index (χ1) is 8.83. The summed E-state index contributed by atoms with van der Waals surface area (Å²) in [6, 6.07) is 7.81. The van der Waals surface area contributed by atoms with E-state index in [1.54, 1.807) is 7.11 Å². The smallest absolute Gasteiger partial charge is 0.149 e. The van der Waals surface area contributed by atoms with Crippen molar-refractivity contribution in [2.75, 3.05) is 7.11 Å². The van der Waals surface area contributed by atoms with Crippen molar-refractivity contribution in [2.24, 2.45) is 0 Å². The van der Waals surface area contributed by atoms with E-state index < -0.39 is 0 Å². The zero-order valence-electron chi connectivity index (χ0n) is 10.2. The number of benzene rings is 1. The van der Waals surface area contributed by atoms with Gasteiger partial charge in [0.05, 0.1) is 6.10 Å². The van der Waals surface area contributed by atoms with Gasteiger partial charge in [-0.15, -0.1) is 0 Å². The minimum Gasteiger partial charge on any atom is -0.456 e. The Kier molecular flexibility index (Phi) is 2.76. The van der Waals surface area contributed by atoms with Gasteiger partial charge < -0.3 is 9.47 Å². The first kappa shape index (κ1) is 11.2. The highest BCUT2D eigenvalue weighted by Gasteiger charge is 2.30. The third-order valence-electron chi connectivity index (χ3n) is 3.45. The molecule has 0 saturated heterocycles. The van der Waals surface area contributed by atoms with Crippen molar-refractivity contribution in [1.29, 1.82) is 0 Å². The molecule has 1 atom stereocenters. The quantitative estimate of drug-likeness (QED) is 0.748. The van der Waals surface area contributed by atoms with Crippen molar-refractivity contribution < 1.29 is 14.3 Å². The second-order valence-electron chi connectivity index (χ2n) is 4.47. The highest BCUT2D eigenvalue weighted by Crippen LogP contribution is 2.39. The van der Waals surface area contributed by atoms with Crippen LogP contribution in [0.15, 0.2) is 41.2 Å². The Labute approximate surface area is 106 Å². The zero-order chi connectivity index (χ0) is 12.5. The number of aldehydes is 1. The molecule has 18 heavy (non-hydrogen) atoms. The minimum atomic E-state index is 0.0112. The van der Waals surface area contributed by atoms with Gasteiger partial charge in [0.2, 0.25) is 0 Å². The second-order valence-corrected chi connectivity index (χ2v) is 4.47. The number of rotatable bonds is 2. The van der Waals surface area contributed by atoms with Gasteiger partial charge in [0, 0.05) is 23.8 Å². The summed E-state index contributed by atoms with van der Waals surface area (Å²) in [6.07, 6.45) is 4.49. The first-order valence-corrected chi connectivity index (χ1v) is 6.03. The van der Waals surface area contributed by atoms with Gasteiger partial charge in [-0.25, -0.2) is 0 Å². The van der Waals surface area contributed by atoms with Crippen molar-refractivity contribution in [3.8, 4) is 5.75 Å². The molecule has 0 amide bonds. The molecular formula is C15H14O3. The molecule has 0 radical (unpaired) electrons. The monoisotopic (exact) mass is 242 g/mol. The number of carbonyl (C=O) groups excluding carboxylic acids is 1. The number of hydrogen-bond acceptors (Lipinski definition) is 3. The molecule has 1 aliphatic carbocycles. The zero-order valence-corrected chi connectivity index (χ0v) is 10.2. The predicted octanol–water partition coefficient (Wildman–Crippen LogP) is 2.72. The van der Waals surface area contributed by atoms with Gasteiger partial charge in [-0.05, 0) is 25.0 Å². The number of fused-ring (bicyclic) bond motifs is 2. The van der Waals surface area contributed by atoms with Gasteiger partial charge in [-0.1, -0.05) is 18.2 Å². The van der Waals surface area contributed by atoms with Crippen LogP contribution in [0.4, 0.5) is 0 Å². The van der Waals surface area contributed by atoms with E-state index in [0.717, 1.165) is 35.2 Å². The Bertz CT molecular complexity index is 555. The highest BCUT2D eigenvalue weighted by atomic mass is 16.5. The largest absolute Gasteiger partial charge is 0.456 e. The molecule has 0 fully saturated rings. The number of allylic oxidation sites excluding steroid dienone is 1. The van der Waals surface area contributed by atoms with Gasteiger partial charge in [-0.2, -0.15) is 0 Å². The van der Waals surface area contributed by atoms with Crippen LogP contribution in [-0.2, 0) is 9.53 Å². The highest BCUT2D eigenvalue weighted by molar-refractivity contribution is 5.80. The maximum Gasteiger partial charge on any atom is 0.149 e. The fourth-order valence-electron chi connectivity index (χ4n) is 2.50. The first-order valence-electron chi connectivity index (χ1n) is 6.03. The Morgan fingerprint density at radius 1 is 1.39 bits per heavy atom. The Balaban J connectivity index is 2.16. The molecule has 0 saturated carbocycles. The lowest BCUT2D eigenvalue weighted by molar-refractivity contribution is -0.105. The Morgan fingerprint density at radius 2 is 2.22 bits per heavy atom. The number of hydrogen-bond donors (Lipinski definition) is 0. The standard InChI is InChI=1S/C15H14O3/c1-17-14-7-6-11(9-16)15-12(14)8-10-4-2-3-5-13(10)18-15/h2-5,8-9,14H,6-7H2,1H3. The maximum absolute atomic E-state index is 11.1. The minimum absolute atomic E-state index is 0.0112. The fourth-order valence-corrected chi connectivity index (χ4v) is 2.50. The Hall–Kier alpha value is -1.87. The molecule has 1 heterocycles. The fraction of sp³-hybridized carbons (Fsp3) is 0.267. The van der Waals surface area contributed by atoms with Crippen LogP contribution in [0, 0.1) is 0 Å². The van der Waals surface area contributed by atoms with E-state index in [1.165, 1.54) is 0 Å². The lowest BCUT2D eigenvalue weighted by Gasteiger charge is -2.30. The molecule has 3 heteroatoms. The molecule has 1 aromatic carbocycles. The van der Waals surface area contributed by atoms with Crippen LogP contribution in [0.3, 0.4) is 0 Å². The molecular weight excluding hydrogens is 228 g/mol. The van der Waals surface area contributed by atoms with Gasteiger partial charge in [-0.3, -0.25) is 4.79 Å². The SMILES string of the molecule is COC1CCC(C=O)=C2Oc3ccccc3C=C21. The van der Waals surface area contributed by atoms with E-state index >= 15 is 0 Å². The molecule has 3 rings (SSSR count). The molecule has 0 aromatic heterocycles.